The van der Waals surface area contributed by atoms with E-state index in [1.807, 2.05) is 0 Å². The summed E-state index contributed by atoms with van der Waals surface area (Å²) in [5.74, 6) is 0.0160. The van der Waals surface area contributed by atoms with Gasteiger partial charge in [-0.25, -0.2) is 0 Å². The highest BCUT2D eigenvalue weighted by Gasteiger charge is 2.34. The summed E-state index contributed by atoms with van der Waals surface area (Å²) in [5, 5.41) is 0. The highest BCUT2D eigenvalue weighted by atomic mass is 16.5. The number of likely N-dealkylation sites (tertiary alicyclic amines) is 1. The molecular formula is C17H25NO2. The number of carbonyl (C=O) groups is 1. The second kappa shape index (κ2) is 5.96. The van der Waals surface area contributed by atoms with Gasteiger partial charge in [0.15, 0.2) is 0 Å². The van der Waals surface area contributed by atoms with Crippen LogP contribution in [-0.4, -0.2) is 31.1 Å². The van der Waals surface area contributed by atoms with E-state index in [4.69, 9.17) is 4.74 Å². The van der Waals surface area contributed by atoms with Gasteiger partial charge in [-0.2, -0.15) is 0 Å². The number of methoxy groups -OCH3 is 1. The predicted molar refractivity (Wildman–Crippen MR) is 80.5 cm³/mol. The molecule has 0 amide bonds. The van der Waals surface area contributed by atoms with E-state index in [2.05, 4.69) is 49.9 Å². The summed E-state index contributed by atoms with van der Waals surface area (Å²) in [6, 6.07) is 8.56. The molecule has 0 aliphatic carbocycles. The number of rotatable bonds is 3. The highest BCUT2D eigenvalue weighted by molar-refractivity contribution is 5.72. The maximum absolute atomic E-state index is 11.6. The van der Waals surface area contributed by atoms with Crippen molar-refractivity contribution in [1.29, 1.82) is 0 Å². The van der Waals surface area contributed by atoms with Crippen LogP contribution >= 0.6 is 0 Å². The third-order valence-corrected chi connectivity index (χ3v) is 4.62. The Morgan fingerprint density at radius 2 is 1.85 bits per heavy atom. The molecule has 0 spiro atoms. The topological polar surface area (TPSA) is 29.5 Å². The fraction of sp³-hybridized carbons (Fsp3) is 0.588. The summed E-state index contributed by atoms with van der Waals surface area (Å²) < 4.78 is 4.86. The zero-order valence-electron chi connectivity index (χ0n) is 13.0. The molecule has 0 radical (unpaired) electrons. The summed E-state index contributed by atoms with van der Waals surface area (Å²) in [6.07, 6.45) is 1.78. The normalized spacial score (nSPS) is 18.0. The van der Waals surface area contributed by atoms with Gasteiger partial charge in [0, 0.05) is 5.54 Å². The van der Waals surface area contributed by atoms with E-state index in [9.17, 15) is 4.79 Å². The van der Waals surface area contributed by atoms with Crippen LogP contribution in [0.2, 0.25) is 0 Å². The van der Waals surface area contributed by atoms with Gasteiger partial charge in [-0.15, -0.1) is 0 Å². The van der Waals surface area contributed by atoms with Crippen LogP contribution in [0.15, 0.2) is 24.3 Å². The van der Waals surface area contributed by atoms with Crippen molar-refractivity contribution in [3.8, 4) is 0 Å². The first-order valence-corrected chi connectivity index (χ1v) is 7.36. The standard InChI is InChI=1S/C17H25NO2/c1-13-7-5-6-8-15(13)17(2,3)18-11-9-14(10-12-18)16(19)20-4/h5-8,14H,9-12H2,1-4H3. The van der Waals surface area contributed by atoms with Crippen molar-refractivity contribution < 1.29 is 9.53 Å². The fourth-order valence-electron chi connectivity index (χ4n) is 3.27. The zero-order chi connectivity index (χ0) is 14.8. The van der Waals surface area contributed by atoms with Gasteiger partial charge in [-0.3, -0.25) is 9.69 Å². The lowest BCUT2D eigenvalue weighted by atomic mass is 9.85. The van der Waals surface area contributed by atoms with Crippen LogP contribution in [0.3, 0.4) is 0 Å². The smallest absolute Gasteiger partial charge is 0.308 e. The average Bonchev–Trinajstić information content (AvgIpc) is 2.47. The Kier molecular flexibility index (Phi) is 4.48. The Hall–Kier alpha value is -1.35. The van der Waals surface area contributed by atoms with Gasteiger partial charge >= 0.3 is 5.97 Å². The molecule has 0 atom stereocenters. The van der Waals surface area contributed by atoms with E-state index in [0.29, 0.717) is 0 Å². The van der Waals surface area contributed by atoms with Crippen molar-refractivity contribution in [1.82, 2.24) is 4.90 Å². The molecule has 1 fully saturated rings. The molecular weight excluding hydrogens is 250 g/mol. The lowest BCUT2D eigenvalue weighted by Crippen LogP contribution is -2.47. The molecule has 1 heterocycles. The maximum atomic E-state index is 11.6. The average molecular weight is 275 g/mol. The second-order valence-electron chi connectivity index (χ2n) is 6.16. The predicted octanol–water partition coefficient (Wildman–Crippen LogP) is 3.12. The molecule has 20 heavy (non-hydrogen) atoms. The summed E-state index contributed by atoms with van der Waals surface area (Å²) >= 11 is 0. The number of piperidine rings is 1. The van der Waals surface area contributed by atoms with Crippen LogP contribution < -0.4 is 0 Å². The Morgan fingerprint density at radius 1 is 1.25 bits per heavy atom. The summed E-state index contributed by atoms with van der Waals surface area (Å²) in [4.78, 5) is 14.1. The molecule has 0 saturated carbocycles. The van der Waals surface area contributed by atoms with Crippen LogP contribution in [0.4, 0.5) is 0 Å². The third-order valence-electron chi connectivity index (χ3n) is 4.62. The molecule has 0 aromatic heterocycles. The number of esters is 1. The minimum Gasteiger partial charge on any atom is -0.469 e. The van der Waals surface area contributed by atoms with Gasteiger partial charge in [0.25, 0.3) is 0 Å². The number of benzene rings is 1. The van der Waals surface area contributed by atoms with Crippen LogP contribution in [0.1, 0.15) is 37.8 Å². The molecule has 1 aliphatic rings. The molecule has 3 heteroatoms. The van der Waals surface area contributed by atoms with Crippen molar-refractivity contribution in [2.24, 2.45) is 5.92 Å². The monoisotopic (exact) mass is 275 g/mol. The van der Waals surface area contributed by atoms with Crippen LogP contribution in [0.25, 0.3) is 0 Å². The first-order chi connectivity index (χ1) is 9.46. The summed E-state index contributed by atoms with van der Waals surface area (Å²) in [6.45, 7) is 8.60. The summed E-state index contributed by atoms with van der Waals surface area (Å²) in [7, 11) is 1.48. The van der Waals surface area contributed by atoms with Crippen LogP contribution in [0, 0.1) is 12.8 Å². The van der Waals surface area contributed by atoms with Gasteiger partial charge in [0.05, 0.1) is 13.0 Å². The number of hydrogen-bond donors (Lipinski definition) is 0. The quantitative estimate of drug-likeness (QED) is 0.794. The van der Waals surface area contributed by atoms with Gasteiger partial charge < -0.3 is 4.74 Å². The third kappa shape index (κ3) is 2.88. The Bertz CT molecular complexity index is 474. The van der Waals surface area contributed by atoms with Crippen molar-refractivity contribution in [2.75, 3.05) is 20.2 Å². The molecule has 2 rings (SSSR count). The lowest BCUT2D eigenvalue weighted by Gasteiger charge is -2.43. The lowest BCUT2D eigenvalue weighted by molar-refractivity contribution is -0.147. The number of nitrogens with zero attached hydrogens (tertiary/aromatic N) is 1. The van der Waals surface area contributed by atoms with Crippen molar-refractivity contribution in [3.63, 3.8) is 0 Å². The largest absolute Gasteiger partial charge is 0.469 e. The van der Waals surface area contributed by atoms with E-state index in [0.717, 1.165) is 25.9 Å². The first kappa shape index (κ1) is 15.0. The molecule has 3 nitrogen and oxygen atoms in total. The van der Waals surface area contributed by atoms with Crippen molar-refractivity contribution in [2.45, 2.75) is 39.2 Å². The van der Waals surface area contributed by atoms with Gasteiger partial charge in [0.1, 0.15) is 0 Å². The van der Waals surface area contributed by atoms with E-state index in [1.165, 1.54) is 18.2 Å². The molecule has 110 valence electrons. The molecule has 0 N–H and O–H groups in total. The Morgan fingerprint density at radius 3 is 2.40 bits per heavy atom. The van der Waals surface area contributed by atoms with E-state index in [1.54, 1.807) is 0 Å². The second-order valence-corrected chi connectivity index (χ2v) is 6.16. The van der Waals surface area contributed by atoms with Crippen LogP contribution in [-0.2, 0) is 15.1 Å². The Balaban J connectivity index is 2.09. The van der Waals surface area contributed by atoms with E-state index in [-0.39, 0.29) is 17.4 Å². The van der Waals surface area contributed by atoms with Gasteiger partial charge in [0.2, 0.25) is 0 Å². The highest BCUT2D eigenvalue weighted by Crippen LogP contribution is 2.33. The molecule has 1 aromatic rings. The zero-order valence-corrected chi connectivity index (χ0v) is 13.0. The van der Waals surface area contributed by atoms with Gasteiger partial charge in [-0.1, -0.05) is 24.3 Å². The number of ether oxygens (including phenoxy) is 1. The molecule has 0 bridgehead atoms. The minimum atomic E-state index is -0.0571. The van der Waals surface area contributed by atoms with E-state index < -0.39 is 0 Å². The molecule has 1 aromatic carbocycles. The van der Waals surface area contributed by atoms with E-state index >= 15 is 0 Å². The number of carbonyl (C=O) groups excluding carboxylic acids is 1. The first-order valence-electron chi connectivity index (χ1n) is 7.36. The maximum Gasteiger partial charge on any atom is 0.308 e. The van der Waals surface area contributed by atoms with Crippen LogP contribution in [0.5, 0.6) is 0 Å². The number of aryl methyl sites for hydroxylation is 1. The van der Waals surface area contributed by atoms with Gasteiger partial charge in [-0.05, 0) is 57.8 Å². The molecule has 1 saturated heterocycles. The SMILES string of the molecule is COC(=O)C1CCN(C(C)(C)c2ccccc2C)CC1. The molecule has 1 aliphatic heterocycles. The fourth-order valence-corrected chi connectivity index (χ4v) is 3.27. The van der Waals surface area contributed by atoms with Crippen molar-refractivity contribution >= 4 is 5.97 Å². The number of hydrogen-bond acceptors (Lipinski definition) is 3. The van der Waals surface area contributed by atoms with Crippen molar-refractivity contribution in [3.05, 3.63) is 35.4 Å². The Labute approximate surface area is 121 Å². The molecule has 0 unspecified atom stereocenters. The summed E-state index contributed by atoms with van der Waals surface area (Å²) in [5.41, 5.74) is 2.70. The minimum absolute atomic E-state index is 0.00638.